The van der Waals surface area contributed by atoms with Crippen LogP contribution in [-0.4, -0.2) is 47.3 Å². The van der Waals surface area contributed by atoms with Gasteiger partial charge in [0.15, 0.2) is 6.10 Å². The molecule has 1 aliphatic heterocycles. The van der Waals surface area contributed by atoms with Crippen molar-refractivity contribution in [1.29, 1.82) is 0 Å². The quantitative estimate of drug-likeness (QED) is 0.629. The number of ether oxygens (including phenoxy) is 1. The number of morpholine rings is 1. The maximum absolute atomic E-state index is 11.6. The van der Waals surface area contributed by atoms with E-state index in [-0.39, 0.29) is 18.1 Å². The summed E-state index contributed by atoms with van der Waals surface area (Å²) in [5, 5.41) is 8.87. The van der Waals surface area contributed by atoms with Crippen molar-refractivity contribution in [2.24, 2.45) is 0 Å². The van der Waals surface area contributed by atoms with Gasteiger partial charge in [-0.3, -0.25) is 4.79 Å². The number of rotatable bonds is 1. The summed E-state index contributed by atoms with van der Waals surface area (Å²) in [5.74, 6) is -0.110. The molecule has 1 N–H and O–H groups in total. The number of amides is 1. The van der Waals surface area contributed by atoms with E-state index in [9.17, 15) is 4.79 Å². The molecule has 13 heavy (non-hydrogen) atoms. The largest absolute Gasteiger partial charge is 0.393 e. The number of aliphatic hydroxyl groups excluding tert-OH is 1. The second kappa shape index (κ2) is 3.64. The lowest BCUT2D eigenvalue weighted by atomic mass is 10.0. The first kappa shape index (κ1) is 10.5. The molecule has 1 amide bonds. The molecule has 1 rings (SSSR count). The van der Waals surface area contributed by atoms with Gasteiger partial charge in [-0.25, -0.2) is 0 Å². The van der Waals surface area contributed by atoms with Gasteiger partial charge in [0.1, 0.15) is 0 Å². The summed E-state index contributed by atoms with van der Waals surface area (Å²) in [7, 11) is 0. The molecule has 0 radical (unpaired) electrons. The van der Waals surface area contributed by atoms with Gasteiger partial charge in [0, 0.05) is 12.1 Å². The lowest BCUT2D eigenvalue weighted by molar-refractivity contribution is -0.162. The Kier molecular flexibility index (Phi) is 2.93. The predicted octanol–water partition coefficient (Wildman–Crippen LogP) is 0.00460. The first-order valence-corrected chi connectivity index (χ1v) is 4.51. The molecule has 0 aromatic carbocycles. The maximum atomic E-state index is 11.6. The van der Waals surface area contributed by atoms with E-state index in [1.165, 1.54) is 0 Å². The Morgan fingerprint density at radius 1 is 1.62 bits per heavy atom. The second-order valence-corrected chi connectivity index (χ2v) is 4.20. The number of carbonyl (C=O) groups excluding carboxylic acids is 1. The van der Waals surface area contributed by atoms with E-state index in [0.29, 0.717) is 13.2 Å². The van der Waals surface area contributed by atoms with Crippen LogP contribution in [0.1, 0.15) is 20.8 Å². The van der Waals surface area contributed by atoms with Crippen molar-refractivity contribution in [2.45, 2.75) is 32.4 Å². The fraction of sp³-hybridized carbons (Fsp3) is 0.889. The molecule has 4 nitrogen and oxygen atoms in total. The third kappa shape index (κ3) is 2.19. The van der Waals surface area contributed by atoms with Crippen LogP contribution < -0.4 is 0 Å². The van der Waals surface area contributed by atoms with E-state index in [0.717, 1.165) is 0 Å². The minimum Gasteiger partial charge on any atom is -0.393 e. The molecule has 1 aliphatic rings. The van der Waals surface area contributed by atoms with Crippen molar-refractivity contribution in [3.63, 3.8) is 0 Å². The van der Waals surface area contributed by atoms with E-state index in [1.54, 1.807) is 4.90 Å². The fourth-order valence-corrected chi connectivity index (χ4v) is 1.44. The van der Waals surface area contributed by atoms with Crippen LogP contribution in [0, 0.1) is 0 Å². The van der Waals surface area contributed by atoms with E-state index in [2.05, 4.69) is 0 Å². The topological polar surface area (TPSA) is 49.8 Å². The van der Waals surface area contributed by atoms with Gasteiger partial charge in [-0.2, -0.15) is 0 Å². The van der Waals surface area contributed by atoms with Crippen molar-refractivity contribution in [2.75, 3.05) is 19.8 Å². The average Bonchev–Trinajstić information content (AvgIpc) is 2.02. The molecule has 0 saturated carbocycles. The van der Waals surface area contributed by atoms with Crippen LogP contribution in [0.4, 0.5) is 0 Å². The summed E-state index contributed by atoms with van der Waals surface area (Å²) in [6.45, 7) is 6.82. The third-order valence-electron chi connectivity index (χ3n) is 2.15. The van der Waals surface area contributed by atoms with E-state index in [1.807, 2.05) is 20.8 Å². The molecule has 4 heteroatoms. The summed E-state index contributed by atoms with van der Waals surface area (Å²) in [5.41, 5.74) is -0.186. The molecular formula is C9H17NO3. The van der Waals surface area contributed by atoms with Crippen molar-refractivity contribution in [3.05, 3.63) is 0 Å². The van der Waals surface area contributed by atoms with Crippen molar-refractivity contribution < 1.29 is 14.6 Å². The zero-order valence-corrected chi connectivity index (χ0v) is 8.41. The van der Waals surface area contributed by atoms with Gasteiger partial charge in [0.2, 0.25) is 0 Å². The van der Waals surface area contributed by atoms with Crippen LogP contribution in [0.2, 0.25) is 0 Å². The van der Waals surface area contributed by atoms with Gasteiger partial charge in [-0.05, 0) is 20.8 Å². The molecule has 1 heterocycles. The second-order valence-electron chi connectivity index (χ2n) is 4.20. The maximum Gasteiger partial charge on any atom is 0.254 e. The smallest absolute Gasteiger partial charge is 0.254 e. The fourth-order valence-electron chi connectivity index (χ4n) is 1.44. The lowest BCUT2D eigenvalue weighted by Gasteiger charge is -2.40. The monoisotopic (exact) mass is 187 g/mol. The summed E-state index contributed by atoms with van der Waals surface area (Å²) in [6, 6.07) is 0. The Labute approximate surface area is 78.5 Å². The molecule has 0 bridgehead atoms. The highest BCUT2D eigenvalue weighted by Crippen LogP contribution is 2.18. The molecule has 0 aromatic rings. The highest BCUT2D eigenvalue weighted by Gasteiger charge is 2.35. The van der Waals surface area contributed by atoms with Crippen LogP contribution >= 0.6 is 0 Å². The molecular weight excluding hydrogens is 170 g/mol. The molecule has 1 unspecified atom stereocenters. The van der Waals surface area contributed by atoms with Crippen molar-refractivity contribution in [3.8, 4) is 0 Å². The zero-order chi connectivity index (χ0) is 10.1. The van der Waals surface area contributed by atoms with Gasteiger partial charge < -0.3 is 14.7 Å². The minimum atomic E-state index is -0.659. The van der Waals surface area contributed by atoms with E-state index in [4.69, 9.17) is 9.84 Å². The van der Waals surface area contributed by atoms with E-state index >= 15 is 0 Å². The Bertz CT molecular complexity index is 198. The van der Waals surface area contributed by atoms with Gasteiger partial charge in [0.05, 0.1) is 13.2 Å². The van der Waals surface area contributed by atoms with Crippen LogP contribution in [0.3, 0.4) is 0 Å². The summed E-state index contributed by atoms with van der Waals surface area (Å²) < 4.78 is 5.12. The molecule has 1 fully saturated rings. The average molecular weight is 187 g/mol. The number of hydrogen-bond donors (Lipinski definition) is 1. The Morgan fingerprint density at radius 2 is 2.23 bits per heavy atom. The molecule has 0 spiro atoms. The Hall–Kier alpha value is -0.610. The summed E-state index contributed by atoms with van der Waals surface area (Å²) >= 11 is 0. The van der Waals surface area contributed by atoms with Crippen LogP contribution in [0.5, 0.6) is 0 Å². The number of aliphatic hydroxyl groups is 1. The molecule has 76 valence electrons. The number of carbonyl (C=O) groups is 1. The van der Waals surface area contributed by atoms with Crippen LogP contribution in [0.15, 0.2) is 0 Å². The van der Waals surface area contributed by atoms with E-state index < -0.39 is 6.10 Å². The molecule has 1 atom stereocenters. The third-order valence-corrected chi connectivity index (χ3v) is 2.15. The summed E-state index contributed by atoms with van der Waals surface area (Å²) in [4.78, 5) is 13.4. The van der Waals surface area contributed by atoms with Crippen molar-refractivity contribution >= 4 is 5.91 Å². The predicted molar refractivity (Wildman–Crippen MR) is 48.3 cm³/mol. The Balaban J connectivity index is 2.71. The molecule has 0 aromatic heterocycles. The Morgan fingerprint density at radius 3 is 2.69 bits per heavy atom. The SMILES string of the molecule is CC(C)(C)N1CCOC(CO)C1=O. The van der Waals surface area contributed by atoms with Crippen LogP contribution in [0.25, 0.3) is 0 Å². The molecule has 1 saturated heterocycles. The standard InChI is InChI=1S/C9H17NO3/c1-9(2,3)10-4-5-13-7(6-11)8(10)12/h7,11H,4-6H2,1-3H3. The molecule has 0 aliphatic carbocycles. The van der Waals surface area contributed by atoms with Crippen molar-refractivity contribution in [1.82, 2.24) is 4.90 Å². The van der Waals surface area contributed by atoms with Gasteiger partial charge in [-0.15, -0.1) is 0 Å². The number of hydrogen-bond acceptors (Lipinski definition) is 3. The minimum absolute atomic E-state index is 0.110. The van der Waals surface area contributed by atoms with Gasteiger partial charge in [0.25, 0.3) is 5.91 Å². The first-order chi connectivity index (χ1) is 5.96. The highest BCUT2D eigenvalue weighted by molar-refractivity contribution is 5.82. The van der Waals surface area contributed by atoms with Gasteiger partial charge in [-0.1, -0.05) is 0 Å². The normalized spacial score (nSPS) is 25.1. The highest BCUT2D eigenvalue weighted by atomic mass is 16.5. The van der Waals surface area contributed by atoms with Gasteiger partial charge >= 0.3 is 0 Å². The zero-order valence-electron chi connectivity index (χ0n) is 8.41. The first-order valence-electron chi connectivity index (χ1n) is 4.51. The summed E-state index contributed by atoms with van der Waals surface area (Å²) in [6.07, 6.45) is -0.659. The van der Waals surface area contributed by atoms with Crippen LogP contribution in [-0.2, 0) is 9.53 Å². The lowest BCUT2D eigenvalue weighted by Crippen LogP contribution is -2.56. The number of nitrogens with zero attached hydrogens (tertiary/aromatic N) is 1.